The molecule has 3 aromatic rings. The van der Waals surface area contributed by atoms with Gasteiger partial charge in [-0.2, -0.15) is 0 Å². The molecule has 1 N–H and O–H groups in total. The van der Waals surface area contributed by atoms with Crippen molar-refractivity contribution >= 4 is 15.9 Å². The zero-order valence-corrected chi connectivity index (χ0v) is 18.7. The number of carbonyl (C=O) groups excluding carboxylic acids is 1. The van der Waals surface area contributed by atoms with Gasteiger partial charge < -0.3 is 9.47 Å². The van der Waals surface area contributed by atoms with E-state index in [9.17, 15) is 26.4 Å². The Balaban J connectivity index is 1.70. The molecule has 1 saturated heterocycles. The Kier molecular flexibility index (Phi) is 6.26. The molecule has 6 nitrogen and oxygen atoms in total. The largest absolute Gasteiger partial charge is 0.573 e. The molecule has 1 atom stereocenters. The number of alkyl halides is 3. The fraction of sp³-hybridized carbons (Fsp3) is 0.208. The first-order valence-corrected chi connectivity index (χ1v) is 11.9. The standard InChI is InChI=1S/C24H20F3NO5S/c1-32-22-12-16(9-10-20(22)18-13-23(29)28-34(30,31)14-18)15-5-4-6-17(11-15)19-7-2-3-8-21(19)33-24(25,26)27/h2-12,18H,13-14H2,1H3,(H,28,29). The van der Waals surface area contributed by atoms with Gasteiger partial charge >= 0.3 is 6.36 Å². The summed E-state index contributed by atoms with van der Waals surface area (Å²) in [6.07, 6.45) is -4.80. The average molecular weight is 491 g/mol. The summed E-state index contributed by atoms with van der Waals surface area (Å²) in [6.45, 7) is 0. The Hall–Kier alpha value is -3.53. The van der Waals surface area contributed by atoms with Crippen LogP contribution in [0.3, 0.4) is 0 Å². The topological polar surface area (TPSA) is 81.7 Å². The van der Waals surface area contributed by atoms with Gasteiger partial charge in [-0.3, -0.25) is 9.52 Å². The zero-order chi connectivity index (χ0) is 24.5. The number of ether oxygens (including phenoxy) is 2. The van der Waals surface area contributed by atoms with E-state index in [-0.39, 0.29) is 23.5 Å². The first-order chi connectivity index (χ1) is 16.0. The number of nitrogens with one attached hydrogen (secondary N) is 1. The van der Waals surface area contributed by atoms with Crippen molar-refractivity contribution in [2.45, 2.75) is 18.7 Å². The fourth-order valence-electron chi connectivity index (χ4n) is 4.02. The lowest BCUT2D eigenvalue weighted by molar-refractivity contribution is -0.274. The molecule has 0 radical (unpaired) electrons. The van der Waals surface area contributed by atoms with Crippen LogP contribution in [-0.4, -0.2) is 33.5 Å². The van der Waals surface area contributed by atoms with Crippen LogP contribution in [0.15, 0.2) is 66.7 Å². The predicted molar refractivity (Wildman–Crippen MR) is 120 cm³/mol. The van der Waals surface area contributed by atoms with Gasteiger partial charge in [-0.05, 0) is 40.5 Å². The summed E-state index contributed by atoms with van der Waals surface area (Å²) in [6, 6.07) is 18.0. The second-order valence-electron chi connectivity index (χ2n) is 7.79. The normalized spacial score (nSPS) is 17.6. The van der Waals surface area contributed by atoms with Crippen molar-refractivity contribution in [2.75, 3.05) is 12.9 Å². The third-order valence-corrected chi connectivity index (χ3v) is 6.79. The molecule has 1 aliphatic heterocycles. The van der Waals surface area contributed by atoms with Crippen LogP contribution in [0.4, 0.5) is 13.2 Å². The summed E-state index contributed by atoms with van der Waals surface area (Å²) in [5.41, 5.74) is 2.81. The summed E-state index contributed by atoms with van der Waals surface area (Å²) in [4.78, 5) is 11.8. The number of para-hydroxylation sites is 1. The third-order valence-electron chi connectivity index (χ3n) is 5.41. The molecule has 0 bridgehead atoms. The van der Waals surface area contributed by atoms with Gasteiger partial charge in [0.2, 0.25) is 15.9 Å². The van der Waals surface area contributed by atoms with E-state index in [2.05, 4.69) is 4.74 Å². The first-order valence-electron chi connectivity index (χ1n) is 10.2. The maximum atomic E-state index is 12.8. The quantitative estimate of drug-likeness (QED) is 0.551. The van der Waals surface area contributed by atoms with Crippen molar-refractivity contribution in [1.82, 2.24) is 4.72 Å². The molecule has 0 aliphatic carbocycles. The highest BCUT2D eigenvalue weighted by Gasteiger charge is 2.33. The number of rotatable bonds is 5. The summed E-state index contributed by atoms with van der Waals surface area (Å²) >= 11 is 0. The summed E-state index contributed by atoms with van der Waals surface area (Å²) in [5, 5.41) is 0. The maximum Gasteiger partial charge on any atom is 0.573 e. The van der Waals surface area contributed by atoms with E-state index in [4.69, 9.17) is 4.74 Å². The van der Waals surface area contributed by atoms with Crippen molar-refractivity contribution in [3.05, 3.63) is 72.3 Å². The van der Waals surface area contributed by atoms with Gasteiger partial charge in [0.25, 0.3) is 0 Å². The number of carbonyl (C=O) groups is 1. The van der Waals surface area contributed by atoms with Gasteiger partial charge in [0.1, 0.15) is 11.5 Å². The summed E-state index contributed by atoms with van der Waals surface area (Å²) < 4.78 is 74.1. The number of hydrogen-bond acceptors (Lipinski definition) is 5. The van der Waals surface area contributed by atoms with Crippen molar-refractivity contribution in [1.29, 1.82) is 0 Å². The van der Waals surface area contributed by atoms with Crippen LogP contribution in [0.2, 0.25) is 0 Å². The molecule has 0 saturated carbocycles. The van der Waals surface area contributed by atoms with Crippen LogP contribution in [0.5, 0.6) is 11.5 Å². The van der Waals surface area contributed by atoms with Gasteiger partial charge in [-0.25, -0.2) is 8.42 Å². The minimum Gasteiger partial charge on any atom is -0.496 e. The van der Waals surface area contributed by atoms with Crippen LogP contribution >= 0.6 is 0 Å². The lowest BCUT2D eigenvalue weighted by atomic mass is 9.92. The molecule has 1 aliphatic rings. The lowest BCUT2D eigenvalue weighted by Gasteiger charge is -2.24. The minimum absolute atomic E-state index is 0.0143. The lowest BCUT2D eigenvalue weighted by Crippen LogP contribution is -2.40. The zero-order valence-electron chi connectivity index (χ0n) is 17.9. The Morgan fingerprint density at radius 2 is 1.62 bits per heavy atom. The van der Waals surface area contributed by atoms with Crippen LogP contribution in [0.1, 0.15) is 17.9 Å². The Morgan fingerprint density at radius 3 is 2.32 bits per heavy atom. The van der Waals surface area contributed by atoms with Crippen LogP contribution in [-0.2, 0) is 14.8 Å². The van der Waals surface area contributed by atoms with Crippen LogP contribution < -0.4 is 14.2 Å². The second-order valence-corrected chi connectivity index (χ2v) is 9.56. The summed E-state index contributed by atoms with van der Waals surface area (Å²) in [5.74, 6) is -1.26. The number of benzene rings is 3. The summed E-state index contributed by atoms with van der Waals surface area (Å²) in [7, 11) is -2.27. The molecule has 1 unspecified atom stereocenters. The molecule has 178 valence electrons. The van der Waals surface area contributed by atoms with Crippen LogP contribution in [0.25, 0.3) is 22.3 Å². The smallest absolute Gasteiger partial charge is 0.496 e. The highest BCUT2D eigenvalue weighted by atomic mass is 32.2. The fourth-order valence-corrected chi connectivity index (χ4v) is 5.36. The molecule has 1 amide bonds. The second kappa shape index (κ2) is 9.02. The minimum atomic E-state index is -4.82. The number of methoxy groups -OCH3 is 1. The third kappa shape index (κ3) is 5.33. The van der Waals surface area contributed by atoms with E-state index in [1.165, 1.54) is 19.2 Å². The Morgan fingerprint density at radius 1 is 0.912 bits per heavy atom. The molecule has 34 heavy (non-hydrogen) atoms. The van der Waals surface area contributed by atoms with Crippen LogP contribution in [0, 0.1) is 0 Å². The Labute approximate surface area is 194 Å². The SMILES string of the molecule is COc1cc(-c2cccc(-c3ccccc3OC(F)(F)F)c2)ccc1C1CC(=O)NS(=O)(=O)C1. The van der Waals surface area contributed by atoms with Gasteiger partial charge in [0.15, 0.2) is 0 Å². The van der Waals surface area contributed by atoms with E-state index in [1.807, 2.05) is 4.72 Å². The van der Waals surface area contributed by atoms with E-state index >= 15 is 0 Å². The van der Waals surface area contributed by atoms with Gasteiger partial charge in [0, 0.05) is 17.9 Å². The molecule has 4 rings (SSSR count). The van der Waals surface area contributed by atoms with Crippen molar-refractivity contribution in [3.63, 3.8) is 0 Å². The number of amides is 1. The molecule has 10 heteroatoms. The van der Waals surface area contributed by atoms with E-state index in [0.29, 0.717) is 28.0 Å². The number of sulfonamides is 1. The monoisotopic (exact) mass is 491 g/mol. The highest BCUT2D eigenvalue weighted by molar-refractivity contribution is 7.90. The number of halogens is 3. The van der Waals surface area contributed by atoms with Crippen molar-refractivity contribution in [3.8, 4) is 33.8 Å². The van der Waals surface area contributed by atoms with Gasteiger partial charge in [-0.15, -0.1) is 13.2 Å². The van der Waals surface area contributed by atoms with Gasteiger partial charge in [-0.1, -0.05) is 48.5 Å². The van der Waals surface area contributed by atoms with Gasteiger partial charge in [0.05, 0.1) is 12.9 Å². The van der Waals surface area contributed by atoms with E-state index in [1.54, 1.807) is 54.6 Å². The average Bonchev–Trinajstić information content (AvgIpc) is 2.76. The van der Waals surface area contributed by atoms with E-state index in [0.717, 1.165) is 0 Å². The Bertz CT molecular complexity index is 1340. The van der Waals surface area contributed by atoms with Crippen molar-refractivity contribution < 1.29 is 35.9 Å². The molecular weight excluding hydrogens is 471 g/mol. The molecule has 3 aromatic carbocycles. The first kappa shape index (κ1) is 23.6. The highest BCUT2D eigenvalue weighted by Crippen LogP contribution is 2.38. The van der Waals surface area contributed by atoms with Crippen molar-refractivity contribution in [2.24, 2.45) is 0 Å². The molecule has 0 spiro atoms. The molecule has 1 heterocycles. The molecule has 0 aromatic heterocycles. The molecule has 1 fully saturated rings. The molecular formula is C24H20F3NO5S. The predicted octanol–water partition coefficient (Wildman–Crippen LogP) is 4.86. The van der Waals surface area contributed by atoms with E-state index < -0.39 is 28.2 Å². The maximum absolute atomic E-state index is 12.8. The number of hydrogen-bond donors (Lipinski definition) is 1.